The van der Waals surface area contributed by atoms with Crippen molar-refractivity contribution in [1.29, 1.82) is 0 Å². The van der Waals surface area contributed by atoms with Crippen LogP contribution in [0.2, 0.25) is 0 Å². The zero-order chi connectivity index (χ0) is 15.2. The number of alkyl halides is 1. The predicted molar refractivity (Wildman–Crippen MR) is 76.7 cm³/mol. The maximum atomic E-state index is 11.8. The summed E-state index contributed by atoms with van der Waals surface area (Å²) in [5.74, 6) is 0.0319. The van der Waals surface area contributed by atoms with Crippen molar-refractivity contribution in [2.75, 3.05) is 5.88 Å². The van der Waals surface area contributed by atoms with Crippen molar-refractivity contribution in [2.24, 2.45) is 0 Å². The van der Waals surface area contributed by atoms with Gasteiger partial charge in [0.05, 0.1) is 12.1 Å². The van der Waals surface area contributed by atoms with Crippen LogP contribution in [0.5, 0.6) is 0 Å². The van der Waals surface area contributed by atoms with Crippen molar-refractivity contribution in [3.8, 4) is 0 Å². The van der Waals surface area contributed by atoms with Gasteiger partial charge in [0.25, 0.3) is 0 Å². The third kappa shape index (κ3) is 5.77. The molecule has 1 atom stereocenters. The van der Waals surface area contributed by atoms with Gasteiger partial charge in [-0.05, 0) is 19.4 Å². The number of hydrogen-bond donors (Lipinski definition) is 2. The Morgan fingerprint density at radius 2 is 1.90 bits per heavy atom. The third-order valence-electron chi connectivity index (χ3n) is 2.21. The summed E-state index contributed by atoms with van der Waals surface area (Å²) in [6.45, 7) is 3.23. The number of ether oxygens (including phenoxy) is 1. The molecule has 0 aliphatic heterocycles. The zero-order valence-electron chi connectivity index (χ0n) is 11.2. The predicted octanol–water partition coefficient (Wildman–Crippen LogP) is 1.94. The van der Waals surface area contributed by atoms with Crippen LogP contribution < -0.4 is 9.44 Å². The van der Waals surface area contributed by atoms with Crippen molar-refractivity contribution < 1.29 is 17.9 Å². The molecule has 2 N–H and O–H groups in total. The molecule has 0 aliphatic carbocycles. The molecule has 0 aliphatic rings. The molecule has 1 aromatic rings. The smallest absolute Gasteiger partial charge is 0.422 e. The van der Waals surface area contributed by atoms with Gasteiger partial charge in [-0.1, -0.05) is 30.3 Å². The molecular formula is C12H17ClN2O4S. The van der Waals surface area contributed by atoms with Crippen LogP contribution in [0, 0.1) is 0 Å². The van der Waals surface area contributed by atoms with Crippen LogP contribution in [0.25, 0.3) is 0 Å². The van der Waals surface area contributed by atoms with Gasteiger partial charge in [-0.3, -0.25) is 0 Å². The molecule has 0 radical (unpaired) electrons. The first-order valence-electron chi connectivity index (χ1n) is 5.95. The lowest BCUT2D eigenvalue weighted by Gasteiger charge is -2.17. The van der Waals surface area contributed by atoms with E-state index in [4.69, 9.17) is 16.3 Å². The van der Waals surface area contributed by atoms with Crippen LogP contribution in [0.4, 0.5) is 4.79 Å². The summed E-state index contributed by atoms with van der Waals surface area (Å²) in [6, 6.07) is 8.18. The van der Waals surface area contributed by atoms with E-state index in [0.29, 0.717) is 5.56 Å². The van der Waals surface area contributed by atoms with Gasteiger partial charge in [0.2, 0.25) is 0 Å². The Hall–Kier alpha value is -1.31. The van der Waals surface area contributed by atoms with Gasteiger partial charge in [-0.25, -0.2) is 9.52 Å². The van der Waals surface area contributed by atoms with Crippen molar-refractivity contribution in [1.82, 2.24) is 9.44 Å². The van der Waals surface area contributed by atoms with E-state index in [1.807, 2.05) is 6.07 Å². The highest BCUT2D eigenvalue weighted by atomic mass is 35.5. The van der Waals surface area contributed by atoms with E-state index in [0.717, 1.165) is 0 Å². The molecule has 6 nitrogen and oxygen atoms in total. The lowest BCUT2D eigenvalue weighted by molar-refractivity contribution is 0.121. The zero-order valence-corrected chi connectivity index (χ0v) is 12.7. The van der Waals surface area contributed by atoms with Crippen LogP contribution in [0.15, 0.2) is 30.3 Å². The van der Waals surface area contributed by atoms with Crippen LogP contribution in [0.1, 0.15) is 25.5 Å². The largest absolute Gasteiger partial charge is 0.446 e. The van der Waals surface area contributed by atoms with Gasteiger partial charge in [0.15, 0.2) is 0 Å². The quantitative estimate of drug-likeness (QED) is 0.784. The monoisotopic (exact) mass is 320 g/mol. The first-order valence-corrected chi connectivity index (χ1v) is 7.97. The van der Waals surface area contributed by atoms with Gasteiger partial charge in [0.1, 0.15) is 0 Å². The highest BCUT2D eigenvalue weighted by Crippen LogP contribution is 2.14. The molecule has 0 saturated carbocycles. The summed E-state index contributed by atoms with van der Waals surface area (Å²) in [5, 5.41) is 0. The van der Waals surface area contributed by atoms with Crippen LogP contribution in [-0.2, 0) is 14.9 Å². The van der Waals surface area contributed by atoms with Gasteiger partial charge < -0.3 is 4.74 Å². The van der Waals surface area contributed by atoms with E-state index in [2.05, 4.69) is 4.72 Å². The fraction of sp³-hybridized carbons (Fsp3) is 0.417. The molecule has 1 unspecified atom stereocenters. The highest BCUT2D eigenvalue weighted by Gasteiger charge is 2.21. The van der Waals surface area contributed by atoms with E-state index in [1.54, 1.807) is 42.8 Å². The van der Waals surface area contributed by atoms with E-state index in [-0.39, 0.29) is 5.88 Å². The lowest BCUT2D eigenvalue weighted by atomic mass is 10.1. The fourth-order valence-electron chi connectivity index (χ4n) is 1.44. The highest BCUT2D eigenvalue weighted by molar-refractivity contribution is 7.88. The molecular weight excluding hydrogens is 304 g/mol. The van der Waals surface area contributed by atoms with Crippen molar-refractivity contribution in [2.45, 2.75) is 26.0 Å². The second kappa shape index (κ2) is 7.47. The molecule has 0 saturated heterocycles. The number of halogens is 1. The number of hydrogen-bond acceptors (Lipinski definition) is 4. The normalized spacial score (nSPS) is 13.0. The Morgan fingerprint density at radius 3 is 2.40 bits per heavy atom. The molecule has 0 bridgehead atoms. The third-order valence-corrected chi connectivity index (χ3v) is 3.55. The van der Waals surface area contributed by atoms with E-state index in [1.165, 1.54) is 0 Å². The van der Waals surface area contributed by atoms with E-state index in [9.17, 15) is 13.2 Å². The molecule has 1 rings (SSSR count). The molecule has 8 heteroatoms. The molecule has 112 valence electrons. The number of carbonyl (C=O) groups excluding carboxylic acids is 1. The summed E-state index contributed by atoms with van der Waals surface area (Å²) in [6.07, 6.45) is -1.45. The molecule has 1 amide bonds. The Balaban J connectivity index is 2.71. The van der Waals surface area contributed by atoms with Crippen LogP contribution in [-0.4, -0.2) is 26.5 Å². The fourth-order valence-corrected chi connectivity index (χ4v) is 2.71. The van der Waals surface area contributed by atoms with Gasteiger partial charge in [-0.2, -0.15) is 13.1 Å². The average Bonchev–Trinajstić information content (AvgIpc) is 2.35. The molecule has 0 aromatic heterocycles. The minimum absolute atomic E-state index is 0.0319. The van der Waals surface area contributed by atoms with E-state index < -0.39 is 28.4 Å². The Bertz CT molecular complexity index is 534. The maximum Gasteiger partial charge on any atom is 0.422 e. The van der Waals surface area contributed by atoms with Crippen molar-refractivity contribution in [3.05, 3.63) is 35.9 Å². The SMILES string of the molecule is CC(C)OC(=O)NS(=O)(=O)NC(CCl)c1ccccc1. The molecule has 1 aromatic carbocycles. The van der Waals surface area contributed by atoms with Gasteiger partial charge in [0, 0.05) is 5.88 Å². The number of amides is 1. The van der Waals surface area contributed by atoms with E-state index >= 15 is 0 Å². The number of rotatable bonds is 6. The molecule has 20 heavy (non-hydrogen) atoms. The average molecular weight is 321 g/mol. The molecule has 0 heterocycles. The van der Waals surface area contributed by atoms with Gasteiger partial charge >= 0.3 is 16.3 Å². The Morgan fingerprint density at radius 1 is 1.30 bits per heavy atom. The second-order valence-electron chi connectivity index (χ2n) is 4.29. The number of benzene rings is 1. The standard InChI is InChI=1S/C12H17ClN2O4S/c1-9(2)19-12(16)15-20(17,18)14-11(8-13)10-6-4-3-5-7-10/h3-7,9,11,14H,8H2,1-2H3,(H,15,16). The minimum Gasteiger partial charge on any atom is -0.446 e. The first-order chi connectivity index (χ1) is 9.34. The number of nitrogens with one attached hydrogen (secondary N) is 2. The molecule has 0 spiro atoms. The molecule has 0 fully saturated rings. The Labute approximate surface area is 123 Å². The second-order valence-corrected chi connectivity index (χ2v) is 6.05. The number of carbonyl (C=O) groups is 1. The van der Waals surface area contributed by atoms with Crippen LogP contribution >= 0.6 is 11.6 Å². The summed E-state index contributed by atoms with van der Waals surface area (Å²) in [5.41, 5.74) is 0.699. The summed E-state index contributed by atoms with van der Waals surface area (Å²) in [7, 11) is -4.04. The van der Waals surface area contributed by atoms with Gasteiger partial charge in [-0.15, -0.1) is 11.6 Å². The Kier molecular flexibility index (Phi) is 6.25. The van der Waals surface area contributed by atoms with Crippen molar-refractivity contribution >= 4 is 27.9 Å². The lowest BCUT2D eigenvalue weighted by Crippen LogP contribution is -2.43. The minimum atomic E-state index is -4.04. The maximum absolute atomic E-state index is 11.8. The van der Waals surface area contributed by atoms with Crippen LogP contribution in [0.3, 0.4) is 0 Å². The summed E-state index contributed by atoms with van der Waals surface area (Å²) < 4.78 is 32.3. The summed E-state index contributed by atoms with van der Waals surface area (Å²) >= 11 is 5.76. The van der Waals surface area contributed by atoms with Crippen molar-refractivity contribution in [3.63, 3.8) is 0 Å². The topological polar surface area (TPSA) is 84.5 Å². The summed E-state index contributed by atoms with van der Waals surface area (Å²) in [4.78, 5) is 11.3. The first kappa shape index (κ1) is 16.7.